The fourth-order valence-corrected chi connectivity index (χ4v) is 3.38. The molecule has 0 saturated heterocycles. The molecule has 0 unspecified atom stereocenters. The van der Waals surface area contributed by atoms with Crippen LogP contribution < -0.4 is 0 Å². The highest BCUT2D eigenvalue weighted by Crippen LogP contribution is 2.26. The molecule has 140 valence electrons. The average molecular weight is 387 g/mol. The summed E-state index contributed by atoms with van der Waals surface area (Å²) in [5, 5.41) is 24.3. The van der Waals surface area contributed by atoms with E-state index in [1.807, 2.05) is 0 Å². The molecule has 0 bridgehead atoms. The van der Waals surface area contributed by atoms with Gasteiger partial charge in [0, 0.05) is 17.4 Å². The number of carbonyl (C=O) groups is 1. The SMILES string of the molecule is CCOC(=O)/C(=C\c1ccc(C)c([N+](=O)[O-])c1)C1=Nn2c(C)nnc2SC1. The Balaban J connectivity index is 2.08. The second-order valence-corrected chi connectivity index (χ2v) is 6.70. The number of thioether (sulfide) groups is 1. The van der Waals surface area contributed by atoms with Crippen molar-refractivity contribution in [3.63, 3.8) is 0 Å². The highest BCUT2D eigenvalue weighted by atomic mass is 32.2. The van der Waals surface area contributed by atoms with E-state index in [0.29, 0.717) is 33.6 Å². The van der Waals surface area contributed by atoms with Crippen molar-refractivity contribution in [2.75, 3.05) is 12.4 Å². The summed E-state index contributed by atoms with van der Waals surface area (Å²) < 4.78 is 6.72. The first kappa shape index (κ1) is 18.8. The molecule has 2 aromatic rings. The molecule has 0 spiro atoms. The lowest BCUT2D eigenvalue weighted by Crippen LogP contribution is -2.21. The largest absolute Gasteiger partial charge is 0.462 e. The molecular weight excluding hydrogens is 370 g/mol. The number of ether oxygens (including phenoxy) is 1. The standard InChI is InChI=1S/C17H17N5O4S/c1-4-26-16(23)13(7-12-6-5-10(2)15(8-12)22(24)25)14-9-27-17-19-18-11(3)21(17)20-14/h5-8H,4,9H2,1-3H3/b13-7-. The van der Waals surface area contributed by atoms with Gasteiger partial charge in [0.2, 0.25) is 5.16 Å². The van der Waals surface area contributed by atoms with Crippen molar-refractivity contribution in [1.82, 2.24) is 14.9 Å². The van der Waals surface area contributed by atoms with Gasteiger partial charge in [-0.05, 0) is 32.4 Å². The third-order valence-corrected chi connectivity index (χ3v) is 4.80. The molecule has 0 radical (unpaired) electrons. The van der Waals surface area contributed by atoms with Gasteiger partial charge in [0.15, 0.2) is 5.82 Å². The van der Waals surface area contributed by atoms with E-state index in [1.165, 1.54) is 17.8 Å². The Labute approximate surface area is 159 Å². The Morgan fingerprint density at radius 2 is 2.19 bits per heavy atom. The lowest BCUT2D eigenvalue weighted by Gasteiger charge is -2.15. The van der Waals surface area contributed by atoms with Gasteiger partial charge in [0.25, 0.3) is 5.69 Å². The average Bonchev–Trinajstić information content (AvgIpc) is 3.01. The predicted octanol–water partition coefficient (Wildman–Crippen LogP) is 2.76. The molecule has 1 aliphatic rings. The maximum atomic E-state index is 12.5. The number of aromatic nitrogens is 3. The van der Waals surface area contributed by atoms with Crippen LogP contribution in [0.2, 0.25) is 0 Å². The molecule has 1 aliphatic heterocycles. The zero-order chi connectivity index (χ0) is 19.6. The summed E-state index contributed by atoms with van der Waals surface area (Å²) in [4.78, 5) is 23.3. The van der Waals surface area contributed by atoms with Crippen LogP contribution in [0.5, 0.6) is 0 Å². The Morgan fingerprint density at radius 1 is 1.41 bits per heavy atom. The summed E-state index contributed by atoms with van der Waals surface area (Å²) in [6, 6.07) is 4.79. The van der Waals surface area contributed by atoms with Crippen LogP contribution in [0.4, 0.5) is 5.69 Å². The van der Waals surface area contributed by atoms with Crippen molar-refractivity contribution < 1.29 is 14.5 Å². The molecule has 1 aromatic heterocycles. The lowest BCUT2D eigenvalue weighted by atomic mass is 10.0. The van der Waals surface area contributed by atoms with Crippen LogP contribution in [-0.2, 0) is 9.53 Å². The Bertz CT molecular complexity index is 980. The zero-order valence-corrected chi connectivity index (χ0v) is 15.8. The summed E-state index contributed by atoms with van der Waals surface area (Å²) >= 11 is 1.40. The van der Waals surface area contributed by atoms with E-state index in [9.17, 15) is 14.9 Å². The molecule has 0 atom stereocenters. The van der Waals surface area contributed by atoms with Crippen LogP contribution >= 0.6 is 11.8 Å². The summed E-state index contributed by atoms with van der Waals surface area (Å²) in [5.41, 5.74) is 1.81. The number of nitro groups is 1. The van der Waals surface area contributed by atoms with Gasteiger partial charge in [-0.15, -0.1) is 10.2 Å². The minimum Gasteiger partial charge on any atom is -0.462 e. The quantitative estimate of drug-likeness (QED) is 0.335. The molecule has 1 aromatic carbocycles. The number of esters is 1. The first-order valence-electron chi connectivity index (χ1n) is 8.17. The summed E-state index contributed by atoms with van der Waals surface area (Å²) in [6.45, 7) is 5.35. The summed E-state index contributed by atoms with van der Waals surface area (Å²) in [5.74, 6) is 0.481. The molecule has 0 fully saturated rings. The number of carbonyl (C=O) groups excluding carboxylic acids is 1. The molecule has 0 aliphatic carbocycles. The van der Waals surface area contributed by atoms with E-state index in [4.69, 9.17) is 4.74 Å². The van der Waals surface area contributed by atoms with E-state index in [-0.39, 0.29) is 17.9 Å². The summed E-state index contributed by atoms with van der Waals surface area (Å²) in [7, 11) is 0. The van der Waals surface area contributed by atoms with Crippen molar-refractivity contribution >= 4 is 35.2 Å². The number of benzene rings is 1. The van der Waals surface area contributed by atoms with Crippen molar-refractivity contribution in [3.8, 4) is 0 Å². The van der Waals surface area contributed by atoms with E-state index in [0.717, 1.165) is 0 Å². The maximum Gasteiger partial charge on any atom is 0.340 e. The van der Waals surface area contributed by atoms with Crippen LogP contribution in [0.3, 0.4) is 0 Å². The number of hydrogen-bond donors (Lipinski definition) is 0. The van der Waals surface area contributed by atoms with Gasteiger partial charge >= 0.3 is 5.97 Å². The first-order valence-corrected chi connectivity index (χ1v) is 9.16. The molecule has 10 heteroatoms. The highest BCUT2D eigenvalue weighted by Gasteiger charge is 2.24. The number of fused-ring (bicyclic) bond motifs is 1. The second-order valence-electron chi connectivity index (χ2n) is 5.76. The Hall–Kier alpha value is -3.01. The molecular formula is C17H17N5O4S. The van der Waals surface area contributed by atoms with Crippen molar-refractivity contribution in [3.05, 3.63) is 50.8 Å². The second kappa shape index (κ2) is 7.70. The molecule has 3 rings (SSSR count). The van der Waals surface area contributed by atoms with Gasteiger partial charge in [-0.25, -0.2) is 4.79 Å². The zero-order valence-electron chi connectivity index (χ0n) is 15.0. The van der Waals surface area contributed by atoms with Crippen molar-refractivity contribution in [1.29, 1.82) is 0 Å². The number of aryl methyl sites for hydroxylation is 2. The normalized spacial score (nSPS) is 13.7. The van der Waals surface area contributed by atoms with Crippen molar-refractivity contribution in [2.45, 2.75) is 25.9 Å². The first-order chi connectivity index (χ1) is 12.9. The number of rotatable bonds is 5. The Kier molecular flexibility index (Phi) is 5.36. The lowest BCUT2D eigenvalue weighted by molar-refractivity contribution is -0.385. The smallest absolute Gasteiger partial charge is 0.340 e. The van der Waals surface area contributed by atoms with Gasteiger partial charge in [-0.3, -0.25) is 10.1 Å². The Morgan fingerprint density at radius 3 is 2.89 bits per heavy atom. The summed E-state index contributed by atoms with van der Waals surface area (Å²) in [6.07, 6.45) is 1.56. The molecule has 0 amide bonds. The fourth-order valence-electron chi connectivity index (χ4n) is 2.51. The fraction of sp³-hybridized carbons (Fsp3) is 0.294. The van der Waals surface area contributed by atoms with Crippen molar-refractivity contribution in [2.24, 2.45) is 5.10 Å². The van der Waals surface area contributed by atoms with E-state index in [1.54, 1.807) is 43.7 Å². The monoisotopic (exact) mass is 387 g/mol. The number of hydrogen-bond acceptors (Lipinski definition) is 8. The minimum absolute atomic E-state index is 0.0103. The molecule has 27 heavy (non-hydrogen) atoms. The molecule has 0 N–H and O–H groups in total. The van der Waals surface area contributed by atoms with E-state index in [2.05, 4.69) is 15.3 Å². The van der Waals surface area contributed by atoms with Crippen LogP contribution in [0, 0.1) is 24.0 Å². The highest BCUT2D eigenvalue weighted by molar-refractivity contribution is 7.99. The van der Waals surface area contributed by atoms with Crippen LogP contribution in [-0.4, -0.2) is 43.8 Å². The molecule has 9 nitrogen and oxygen atoms in total. The topological polar surface area (TPSA) is 113 Å². The predicted molar refractivity (Wildman–Crippen MR) is 101 cm³/mol. The van der Waals surface area contributed by atoms with Crippen LogP contribution in [0.15, 0.2) is 34.0 Å². The van der Waals surface area contributed by atoms with Gasteiger partial charge in [0.1, 0.15) is 0 Å². The van der Waals surface area contributed by atoms with Gasteiger partial charge in [0.05, 0.1) is 22.8 Å². The van der Waals surface area contributed by atoms with E-state index >= 15 is 0 Å². The van der Waals surface area contributed by atoms with Gasteiger partial charge < -0.3 is 4.74 Å². The number of nitro benzene ring substituents is 1. The van der Waals surface area contributed by atoms with Crippen LogP contribution in [0.1, 0.15) is 23.9 Å². The number of nitrogens with zero attached hydrogens (tertiary/aromatic N) is 5. The third-order valence-electron chi connectivity index (χ3n) is 3.87. The van der Waals surface area contributed by atoms with Gasteiger partial charge in [-0.2, -0.15) is 9.78 Å². The molecule has 0 saturated carbocycles. The van der Waals surface area contributed by atoms with E-state index < -0.39 is 10.9 Å². The molecule has 2 heterocycles. The third kappa shape index (κ3) is 3.90. The maximum absolute atomic E-state index is 12.5. The van der Waals surface area contributed by atoms with Gasteiger partial charge in [-0.1, -0.05) is 23.9 Å². The van der Waals surface area contributed by atoms with Crippen LogP contribution in [0.25, 0.3) is 6.08 Å². The minimum atomic E-state index is -0.533.